The van der Waals surface area contributed by atoms with Gasteiger partial charge in [0.15, 0.2) is 11.6 Å². The summed E-state index contributed by atoms with van der Waals surface area (Å²) in [5.74, 6) is -1.18. The van der Waals surface area contributed by atoms with Crippen molar-refractivity contribution in [3.63, 3.8) is 0 Å². The summed E-state index contributed by atoms with van der Waals surface area (Å²) in [6.07, 6.45) is 5.10. The molecule has 0 fully saturated rings. The van der Waals surface area contributed by atoms with Gasteiger partial charge in [-0.25, -0.2) is 13.8 Å². The summed E-state index contributed by atoms with van der Waals surface area (Å²) in [6, 6.07) is 6.04. The third-order valence-electron chi connectivity index (χ3n) is 3.86. The minimum Gasteiger partial charge on any atom is -0.324 e. The topological polar surface area (TPSA) is 43.6 Å². The van der Waals surface area contributed by atoms with Gasteiger partial charge in [-0.3, -0.25) is 9.97 Å². The van der Waals surface area contributed by atoms with Crippen LogP contribution in [0.15, 0.2) is 42.9 Å². The van der Waals surface area contributed by atoms with Gasteiger partial charge in [-0.15, -0.1) is 0 Å². The fourth-order valence-electron chi connectivity index (χ4n) is 2.81. The first kappa shape index (κ1) is 13.8. The number of nitrogens with zero attached hydrogens (tertiary/aromatic N) is 4. The van der Waals surface area contributed by atoms with Gasteiger partial charge in [0.25, 0.3) is 0 Å². The van der Waals surface area contributed by atoms with Crippen molar-refractivity contribution in [3.05, 3.63) is 54.5 Å². The van der Waals surface area contributed by atoms with E-state index in [0.29, 0.717) is 23.4 Å². The zero-order valence-corrected chi connectivity index (χ0v) is 12.3. The van der Waals surface area contributed by atoms with Crippen molar-refractivity contribution >= 4 is 21.9 Å². The number of aromatic nitrogens is 4. The van der Waals surface area contributed by atoms with Crippen molar-refractivity contribution < 1.29 is 8.78 Å². The van der Waals surface area contributed by atoms with Gasteiger partial charge >= 0.3 is 0 Å². The maximum absolute atomic E-state index is 13.6. The monoisotopic (exact) mass is 310 g/mol. The molecule has 4 nitrogen and oxygen atoms in total. The van der Waals surface area contributed by atoms with Crippen molar-refractivity contribution in [1.29, 1.82) is 0 Å². The molecular weight excluding hydrogens is 298 g/mol. The minimum absolute atomic E-state index is 0.411. The van der Waals surface area contributed by atoms with Crippen LogP contribution >= 0.6 is 0 Å². The summed E-state index contributed by atoms with van der Waals surface area (Å²) in [6.45, 7) is 2.50. The Morgan fingerprint density at radius 1 is 1.13 bits per heavy atom. The number of fused-ring (bicyclic) bond motifs is 2. The zero-order valence-electron chi connectivity index (χ0n) is 12.3. The van der Waals surface area contributed by atoms with Gasteiger partial charge in [-0.2, -0.15) is 0 Å². The molecule has 0 aliphatic carbocycles. The Hall–Kier alpha value is -2.89. The first-order valence-electron chi connectivity index (χ1n) is 7.23. The van der Waals surface area contributed by atoms with E-state index in [1.54, 1.807) is 18.6 Å². The summed E-state index contributed by atoms with van der Waals surface area (Å²) in [5, 5.41) is 0.886. The predicted octanol–water partition coefficient (Wildman–Crippen LogP) is 3.94. The van der Waals surface area contributed by atoms with Crippen molar-refractivity contribution in [2.75, 3.05) is 0 Å². The molecule has 0 N–H and O–H groups in total. The van der Waals surface area contributed by atoms with Crippen LogP contribution in [0.4, 0.5) is 8.78 Å². The van der Waals surface area contributed by atoms with Crippen molar-refractivity contribution in [1.82, 2.24) is 19.5 Å². The summed E-state index contributed by atoms with van der Waals surface area (Å²) >= 11 is 0. The average molecular weight is 310 g/mol. The first-order chi connectivity index (χ1) is 11.2. The number of hydrogen-bond donors (Lipinski definition) is 0. The summed E-state index contributed by atoms with van der Waals surface area (Å²) in [7, 11) is 0. The second kappa shape index (κ2) is 5.08. The molecule has 0 aliphatic heterocycles. The number of rotatable bonds is 2. The quantitative estimate of drug-likeness (QED) is 0.563. The smallest absolute Gasteiger partial charge is 0.161 e. The van der Waals surface area contributed by atoms with Gasteiger partial charge in [-0.05, 0) is 19.1 Å². The van der Waals surface area contributed by atoms with E-state index < -0.39 is 11.6 Å². The molecule has 6 heteroatoms. The Morgan fingerprint density at radius 3 is 2.78 bits per heavy atom. The molecule has 3 aromatic heterocycles. The summed E-state index contributed by atoms with van der Waals surface area (Å²) in [5.41, 5.74) is 2.46. The van der Waals surface area contributed by atoms with Crippen molar-refractivity contribution in [3.8, 4) is 11.4 Å². The number of halogens is 2. The first-order valence-corrected chi connectivity index (χ1v) is 7.23. The lowest BCUT2D eigenvalue weighted by molar-refractivity contribution is 0.510. The van der Waals surface area contributed by atoms with E-state index >= 15 is 0 Å². The molecule has 0 aliphatic rings. The molecule has 1 aromatic carbocycles. The maximum Gasteiger partial charge on any atom is 0.161 e. The van der Waals surface area contributed by atoms with Crippen molar-refractivity contribution in [2.24, 2.45) is 0 Å². The minimum atomic E-state index is -0.904. The van der Waals surface area contributed by atoms with E-state index in [-0.39, 0.29) is 0 Å². The van der Waals surface area contributed by atoms with Gasteiger partial charge in [0.2, 0.25) is 0 Å². The number of aryl methyl sites for hydroxylation is 1. The number of imidazole rings is 1. The van der Waals surface area contributed by atoms with Crippen LogP contribution in [0.3, 0.4) is 0 Å². The second-order valence-corrected chi connectivity index (χ2v) is 5.20. The van der Waals surface area contributed by atoms with Gasteiger partial charge in [0, 0.05) is 42.7 Å². The summed E-state index contributed by atoms with van der Waals surface area (Å²) < 4.78 is 28.9. The van der Waals surface area contributed by atoms with Gasteiger partial charge in [0.1, 0.15) is 5.82 Å². The third kappa shape index (κ3) is 2.06. The number of pyridine rings is 2. The van der Waals surface area contributed by atoms with Gasteiger partial charge in [0.05, 0.1) is 22.1 Å². The molecule has 3 heterocycles. The van der Waals surface area contributed by atoms with E-state index in [0.717, 1.165) is 22.5 Å². The number of benzene rings is 1. The van der Waals surface area contributed by atoms with Gasteiger partial charge < -0.3 is 4.57 Å². The van der Waals surface area contributed by atoms with E-state index in [9.17, 15) is 8.78 Å². The molecule has 0 radical (unpaired) electrons. The van der Waals surface area contributed by atoms with Crippen LogP contribution in [0, 0.1) is 11.6 Å². The summed E-state index contributed by atoms with van der Waals surface area (Å²) in [4.78, 5) is 13.1. The van der Waals surface area contributed by atoms with E-state index in [1.165, 1.54) is 6.07 Å². The van der Waals surface area contributed by atoms with Crippen LogP contribution in [0.1, 0.15) is 6.92 Å². The van der Waals surface area contributed by atoms with Crippen LogP contribution in [0.25, 0.3) is 33.3 Å². The lowest BCUT2D eigenvalue weighted by Crippen LogP contribution is -1.99. The van der Waals surface area contributed by atoms with Crippen LogP contribution in [-0.2, 0) is 6.54 Å². The van der Waals surface area contributed by atoms with Crippen molar-refractivity contribution in [2.45, 2.75) is 13.5 Å². The molecule has 0 saturated carbocycles. The van der Waals surface area contributed by atoms with Crippen LogP contribution in [0.5, 0.6) is 0 Å². The Bertz CT molecular complexity index is 1030. The predicted molar refractivity (Wildman–Crippen MR) is 83.9 cm³/mol. The fraction of sp³-hybridized carbons (Fsp3) is 0.118. The van der Waals surface area contributed by atoms with E-state index in [2.05, 4.69) is 15.0 Å². The molecule has 114 valence electrons. The standard InChI is InChI=1S/C17H12F2N4/c1-2-23-15-7-13(19)12(18)6-14(15)22-17(23)11-9-20-8-10-4-3-5-21-16(10)11/h3-9H,2H2,1H3. The molecule has 0 bridgehead atoms. The van der Waals surface area contributed by atoms with E-state index in [4.69, 9.17) is 0 Å². The molecule has 0 amide bonds. The largest absolute Gasteiger partial charge is 0.324 e. The molecule has 4 aromatic rings. The Labute approximate surface area is 130 Å². The Kier molecular flexibility index (Phi) is 3.04. The molecule has 0 atom stereocenters. The number of hydrogen-bond acceptors (Lipinski definition) is 3. The third-order valence-corrected chi connectivity index (χ3v) is 3.86. The normalized spacial score (nSPS) is 11.4. The lowest BCUT2D eigenvalue weighted by Gasteiger charge is -2.08. The highest BCUT2D eigenvalue weighted by Gasteiger charge is 2.17. The van der Waals surface area contributed by atoms with E-state index in [1.807, 2.05) is 23.6 Å². The highest BCUT2D eigenvalue weighted by atomic mass is 19.2. The van der Waals surface area contributed by atoms with Crippen LogP contribution in [-0.4, -0.2) is 19.5 Å². The maximum atomic E-state index is 13.6. The lowest BCUT2D eigenvalue weighted by atomic mass is 10.1. The zero-order chi connectivity index (χ0) is 16.0. The fourth-order valence-corrected chi connectivity index (χ4v) is 2.81. The molecule has 0 spiro atoms. The Balaban J connectivity index is 2.08. The van der Waals surface area contributed by atoms with Crippen LogP contribution < -0.4 is 0 Å². The molecule has 0 unspecified atom stereocenters. The van der Waals surface area contributed by atoms with Gasteiger partial charge in [-0.1, -0.05) is 0 Å². The average Bonchev–Trinajstić information content (AvgIpc) is 2.92. The molecule has 4 rings (SSSR count). The Morgan fingerprint density at radius 2 is 1.96 bits per heavy atom. The molecule has 0 saturated heterocycles. The molecular formula is C17H12F2N4. The highest BCUT2D eigenvalue weighted by molar-refractivity contribution is 5.93. The highest BCUT2D eigenvalue weighted by Crippen LogP contribution is 2.29. The SMILES string of the molecule is CCn1c(-c2cncc3cccnc23)nc2cc(F)c(F)cc21. The van der Waals surface area contributed by atoms with Crippen LogP contribution in [0.2, 0.25) is 0 Å². The second-order valence-electron chi connectivity index (χ2n) is 5.20. The molecule has 23 heavy (non-hydrogen) atoms.